The van der Waals surface area contributed by atoms with Crippen LogP contribution in [0.25, 0.3) is 16.7 Å². The number of aromatic nitrogens is 4. The molecule has 3 N–H and O–H groups in total. The summed E-state index contributed by atoms with van der Waals surface area (Å²) in [7, 11) is 0. The lowest BCUT2D eigenvalue weighted by molar-refractivity contribution is 0.0998. The van der Waals surface area contributed by atoms with Crippen molar-refractivity contribution in [2.24, 2.45) is 16.0 Å². The molecule has 2 aromatic heterocycles. The number of benzene rings is 2. The van der Waals surface area contributed by atoms with Gasteiger partial charge >= 0.3 is 0 Å². The molecule has 0 unspecified atom stereocenters. The molecule has 140 valence electrons. The molecule has 0 saturated heterocycles. The molecule has 0 saturated carbocycles. The first-order chi connectivity index (χ1) is 14.1. The molecule has 0 aliphatic carbocycles. The lowest BCUT2D eigenvalue weighted by atomic mass is 10.0. The van der Waals surface area contributed by atoms with Crippen molar-refractivity contribution in [1.82, 2.24) is 19.7 Å². The first-order valence-electron chi connectivity index (χ1n) is 8.32. The zero-order valence-electron chi connectivity index (χ0n) is 14.8. The lowest BCUT2D eigenvalue weighted by Crippen LogP contribution is -2.11. The minimum atomic E-state index is -0.801. The SMILES string of the molecule is N#Cc1cnn(-c2ncccn2)c1N=Nc1c(O)c(C(N)=O)cc2ccccc12. The van der Waals surface area contributed by atoms with Crippen molar-refractivity contribution < 1.29 is 9.90 Å². The van der Waals surface area contributed by atoms with Crippen LogP contribution in [0.2, 0.25) is 0 Å². The summed E-state index contributed by atoms with van der Waals surface area (Å²) < 4.78 is 1.25. The van der Waals surface area contributed by atoms with E-state index in [1.807, 2.05) is 6.07 Å². The predicted molar refractivity (Wildman–Crippen MR) is 102 cm³/mol. The standard InChI is InChI=1S/C19H12N8O2/c20-9-12-10-24-27(19-22-6-3-7-23-19)18(12)26-25-15-13-5-2-1-4-11(13)8-14(16(15)28)17(21)29/h1-8,10,28H,(H2,21,29). The molecule has 0 spiro atoms. The third kappa shape index (κ3) is 3.13. The third-order valence-corrected chi connectivity index (χ3v) is 4.11. The fourth-order valence-corrected chi connectivity index (χ4v) is 2.77. The Labute approximate surface area is 163 Å². The Hall–Kier alpha value is -4.65. The molecule has 0 radical (unpaired) electrons. The van der Waals surface area contributed by atoms with Crippen LogP contribution in [0, 0.1) is 11.3 Å². The summed E-state index contributed by atoms with van der Waals surface area (Å²) in [5.41, 5.74) is 5.46. The minimum absolute atomic E-state index is 0.0440. The molecular weight excluding hydrogens is 372 g/mol. The fourth-order valence-electron chi connectivity index (χ4n) is 2.77. The van der Waals surface area contributed by atoms with Crippen LogP contribution in [0.4, 0.5) is 11.5 Å². The molecule has 10 nitrogen and oxygen atoms in total. The average Bonchev–Trinajstić information content (AvgIpc) is 3.16. The zero-order chi connectivity index (χ0) is 20.4. The number of rotatable bonds is 4. The number of carbonyl (C=O) groups excluding carboxylic acids is 1. The van der Waals surface area contributed by atoms with E-state index < -0.39 is 11.7 Å². The van der Waals surface area contributed by atoms with E-state index in [0.29, 0.717) is 10.8 Å². The first kappa shape index (κ1) is 17.7. The second-order valence-corrected chi connectivity index (χ2v) is 5.86. The topological polar surface area (TPSA) is 155 Å². The Morgan fingerprint density at radius 2 is 1.93 bits per heavy atom. The summed E-state index contributed by atoms with van der Waals surface area (Å²) in [6.45, 7) is 0. The van der Waals surface area contributed by atoms with Crippen molar-refractivity contribution in [2.45, 2.75) is 0 Å². The maximum absolute atomic E-state index is 11.7. The Bertz CT molecular complexity index is 1310. The van der Waals surface area contributed by atoms with Crippen LogP contribution in [-0.4, -0.2) is 30.8 Å². The minimum Gasteiger partial charge on any atom is -0.505 e. The van der Waals surface area contributed by atoms with Crippen molar-refractivity contribution in [3.8, 4) is 17.8 Å². The number of amides is 1. The number of phenols is 1. The Balaban J connectivity index is 1.91. The summed E-state index contributed by atoms with van der Waals surface area (Å²) in [5.74, 6) is -0.930. The van der Waals surface area contributed by atoms with E-state index in [1.165, 1.54) is 29.3 Å². The van der Waals surface area contributed by atoms with Gasteiger partial charge in [-0.05, 0) is 17.5 Å². The summed E-state index contributed by atoms with van der Waals surface area (Å²) in [6, 6.07) is 12.1. The first-order valence-corrected chi connectivity index (χ1v) is 8.32. The van der Waals surface area contributed by atoms with E-state index in [0.717, 1.165) is 0 Å². The van der Waals surface area contributed by atoms with Gasteiger partial charge in [0.05, 0.1) is 11.8 Å². The smallest absolute Gasteiger partial charge is 0.252 e. The number of aromatic hydroxyl groups is 1. The highest BCUT2D eigenvalue weighted by Gasteiger charge is 2.18. The largest absolute Gasteiger partial charge is 0.505 e. The van der Waals surface area contributed by atoms with Crippen LogP contribution in [-0.2, 0) is 0 Å². The Kier molecular flexibility index (Phi) is 4.38. The second-order valence-electron chi connectivity index (χ2n) is 5.86. The fraction of sp³-hybridized carbons (Fsp3) is 0. The van der Waals surface area contributed by atoms with Gasteiger partial charge in [-0.3, -0.25) is 4.79 Å². The second kappa shape index (κ2) is 7.16. The number of fused-ring (bicyclic) bond motifs is 1. The van der Waals surface area contributed by atoms with Gasteiger partial charge in [0.1, 0.15) is 17.3 Å². The van der Waals surface area contributed by atoms with Gasteiger partial charge in [-0.2, -0.15) is 15.0 Å². The van der Waals surface area contributed by atoms with Crippen LogP contribution >= 0.6 is 0 Å². The molecule has 1 amide bonds. The van der Waals surface area contributed by atoms with Gasteiger partial charge in [-0.15, -0.1) is 10.2 Å². The summed E-state index contributed by atoms with van der Waals surface area (Å²) >= 11 is 0. The zero-order valence-corrected chi connectivity index (χ0v) is 14.8. The van der Waals surface area contributed by atoms with Crippen molar-refractivity contribution in [3.05, 3.63) is 66.1 Å². The molecule has 29 heavy (non-hydrogen) atoms. The van der Waals surface area contributed by atoms with E-state index in [4.69, 9.17) is 5.73 Å². The van der Waals surface area contributed by atoms with E-state index in [-0.39, 0.29) is 28.6 Å². The molecule has 0 fully saturated rings. The van der Waals surface area contributed by atoms with Gasteiger partial charge in [0.15, 0.2) is 11.6 Å². The van der Waals surface area contributed by atoms with Crippen LogP contribution in [0.3, 0.4) is 0 Å². The van der Waals surface area contributed by atoms with E-state index in [9.17, 15) is 15.2 Å². The van der Waals surface area contributed by atoms with Crippen LogP contribution in [0.5, 0.6) is 5.75 Å². The molecule has 0 bridgehead atoms. The number of azo groups is 1. The quantitative estimate of drug-likeness (QED) is 0.515. The van der Waals surface area contributed by atoms with Crippen LogP contribution < -0.4 is 5.73 Å². The third-order valence-electron chi connectivity index (χ3n) is 4.11. The van der Waals surface area contributed by atoms with E-state index in [2.05, 4.69) is 25.3 Å². The van der Waals surface area contributed by atoms with Gasteiger partial charge in [-0.1, -0.05) is 24.3 Å². The molecule has 4 aromatic rings. The predicted octanol–water partition coefficient (Wildman–Crippen LogP) is 2.91. The summed E-state index contributed by atoms with van der Waals surface area (Å²) in [5, 5.41) is 33.4. The number of nitrogens with two attached hydrogens (primary N) is 1. The number of carbonyl (C=O) groups is 1. The summed E-state index contributed by atoms with van der Waals surface area (Å²) in [4.78, 5) is 19.9. The highest BCUT2D eigenvalue weighted by molar-refractivity contribution is 6.06. The maximum atomic E-state index is 11.7. The van der Waals surface area contributed by atoms with E-state index in [1.54, 1.807) is 30.3 Å². The molecule has 2 heterocycles. The Morgan fingerprint density at radius 3 is 2.66 bits per heavy atom. The van der Waals surface area contributed by atoms with Crippen molar-refractivity contribution in [1.29, 1.82) is 5.26 Å². The molecule has 0 aliphatic rings. The van der Waals surface area contributed by atoms with Crippen LogP contribution in [0.15, 0.2) is 65.2 Å². The van der Waals surface area contributed by atoms with Gasteiger partial charge in [0.2, 0.25) is 0 Å². The van der Waals surface area contributed by atoms with Gasteiger partial charge in [0.25, 0.3) is 11.9 Å². The molecule has 2 aromatic carbocycles. The highest BCUT2D eigenvalue weighted by Crippen LogP contribution is 2.39. The number of hydrogen-bond acceptors (Lipinski definition) is 8. The maximum Gasteiger partial charge on any atom is 0.252 e. The van der Waals surface area contributed by atoms with Gasteiger partial charge in [0, 0.05) is 17.8 Å². The number of nitriles is 1. The summed E-state index contributed by atoms with van der Waals surface area (Å²) in [6.07, 6.45) is 4.35. The Morgan fingerprint density at radius 1 is 1.17 bits per heavy atom. The molecule has 0 aliphatic heterocycles. The number of hydrogen-bond donors (Lipinski definition) is 2. The molecule has 0 atom stereocenters. The normalized spacial score (nSPS) is 11.0. The lowest BCUT2D eigenvalue weighted by Gasteiger charge is -2.08. The van der Waals surface area contributed by atoms with Crippen LogP contribution in [0.1, 0.15) is 15.9 Å². The molecule has 4 rings (SSSR count). The van der Waals surface area contributed by atoms with Gasteiger partial charge in [-0.25, -0.2) is 9.97 Å². The van der Waals surface area contributed by atoms with Gasteiger partial charge < -0.3 is 10.8 Å². The van der Waals surface area contributed by atoms with Crippen molar-refractivity contribution in [3.63, 3.8) is 0 Å². The average molecular weight is 384 g/mol. The monoisotopic (exact) mass is 384 g/mol. The highest BCUT2D eigenvalue weighted by atomic mass is 16.3. The molecule has 10 heteroatoms. The molecular formula is C19H12N8O2. The number of nitrogens with zero attached hydrogens (tertiary/aromatic N) is 7. The number of primary amides is 1. The van der Waals surface area contributed by atoms with E-state index >= 15 is 0 Å². The van der Waals surface area contributed by atoms with Crippen molar-refractivity contribution in [2.75, 3.05) is 0 Å². The van der Waals surface area contributed by atoms with Crippen molar-refractivity contribution >= 4 is 28.2 Å².